The number of thioether (sulfide) groups is 1. The van der Waals surface area contributed by atoms with Crippen LogP contribution in [0, 0.1) is 17.2 Å². The largest absolute Gasteiger partial charge is 0.481 e. The maximum atomic E-state index is 12.2. The second-order valence-corrected chi connectivity index (χ2v) is 17.2. The molecule has 346 valence electrons. The lowest BCUT2D eigenvalue weighted by Gasteiger charge is -2.42. The quantitative estimate of drug-likeness (QED) is 0.0155. The molecule has 1 aromatic carbocycles. The van der Waals surface area contributed by atoms with E-state index in [1.165, 1.54) is 102 Å². The molecule has 1 aliphatic rings. The van der Waals surface area contributed by atoms with Crippen LogP contribution in [0.4, 0.5) is 5.69 Å². The zero-order valence-corrected chi connectivity index (χ0v) is 40.3. The number of aldehydes is 2. The number of unbranched alkanes of at least 4 members (excludes halogenated alkanes) is 15. The van der Waals surface area contributed by atoms with Crippen LogP contribution in [-0.4, -0.2) is 42.5 Å². The summed E-state index contributed by atoms with van der Waals surface area (Å²) < 4.78 is 0. The van der Waals surface area contributed by atoms with Crippen molar-refractivity contribution in [1.29, 1.82) is 5.26 Å². The number of hydrogen-bond acceptors (Lipinski definition) is 6. The van der Waals surface area contributed by atoms with Gasteiger partial charge in [-0.15, -0.1) is 11.8 Å². The first-order valence-corrected chi connectivity index (χ1v) is 25.2. The molecule has 0 amide bonds. The third-order valence-electron chi connectivity index (χ3n) is 11.3. The van der Waals surface area contributed by atoms with E-state index in [0.717, 1.165) is 61.1 Å². The van der Waals surface area contributed by atoms with E-state index in [2.05, 4.69) is 67.1 Å². The number of benzene rings is 1. The Hall–Kier alpha value is -3.93. The zero-order chi connectivity index (χ0) is 45.9. The predicted molar refractivity (Wildman–Crippen MR) is 267 cm³/mol. The van der Waals surface area contributed by atoms with Gasteiger partial charge in [-0.1, -0.05) is 174 Å². The van der Waals surface area contributed by atoms with Crippen molar-refractivity contribution in [3.8, 4) is 6.07 Å². The molecular formula is C54H86N3O4S+. The summed E-state index contributed by atoms with van der Waals surface area (Å²) in [5.74, 6) is 0.242. The standard InChI is InChI=1S/C48H73N3O4S.C4H6.C2H6/c1-3-5-6-7-8-9-10-11-12-13-14-15-16-17-18-22-33-48(43-26-20-19-21-27-43,44-38-42(40-53)28-30-45(44)50-35-24-37-52)34-23-25-41(39-49)29-31-46(56-4-2)51-36-32-47(54)55;1-3-4-2;1-2/h20,23,25-26,28-31,37-38,40,43,50-51H,3-19,21-22,24,27,32-36H2,1-2H3,(H,54,55);3-4H,1-2H2;1-2H3/p+1/b25-23+,41-29-,46-31-;;. The van der Waals surface area contributed by atoms with Gasteiger partial charge >= 0.3 is 5.97 Å². The fraction of sp³-hybridized carbons (Fsp3) is 0.593. The van der Waals surface area contributed by atoms with Crippen molar-refractivity contribution in [3.63, 3.8) is 0 Å². The molecule has 0 saturated carbocycles. The van der Waals surface area contributed by atoms with Crippen LogP contribution in [0.3, 0.4) is 0 Å². The number of allylic oxidation sites excluding steroid dienone is 9. The number of rotatable bonds is 35. The summed E-state index contributed by atoms with van der Waals surface area (Å²) in [6.45, 7) is 16.0. The Balaban J connectivity index is 0.00000584. The van der Waals surface area contributed by atoms with Gasteiger partial charge < -0.3 is 20.5 Å². The van der Waals surface area contributed by atoms with Crippen molar-refractivity contribution in [2.75, 3.05) is 18.8 Å². The second-order valence-electron chi connectivity index (χ2n) is 15.9. The van der Waals surface area contributed by atoms with Gasteiger partial charge in [-0.2, -0.15) is 5.26 Å². The topological polar surface area (TPSA) is 124 Å². The number of nitrogens with one attached hydrogen (secondary N) is 1. The fourth-order valence-electron chi connectivity index (χ4n) is 8.01. The van der Waals surface area contributed by atoms with Crippen LogP contribution in [0.1, 0.15) is 191 Å². The smallest absolute Gasteiger partial charge is 0.305 e. The molecule has 62 heavy (non-hydrogen) atoms. The average Bonchev–Trinajstić information content (AvgIpc) is 3.30. The van der Waals surface area contributed by atoms with Crippen molar-refractivity contribution in [1.82, 2.24) is 5.32 Å². The monoisotopic (exact) mass is 873 g/mol. The number of carboxylic acids is 1. The highest BCUT2D eigenvalue weighted by molar-refractivity contribution is 8.02. The number of nitrogens with two attached hydrogens (primary N) is 1. The number of nitriles is 1. The Kier molecular flexibility index (Phi) is 38.5. The first-order valence-electron chi connectivity index (χ1n) is 24.2. The zero-order valence-electron chi connectivity index (χ0n) is 39.5. The fourth-order valence-corrected chi connectivity index (χ4v) is 8.69. The highest BCUT2D eigenvalue weighted by atomic mass is 32.2. The van der Waals surface area contributed by atoms with Gasteiger partial charge in [0, 0.05) is 23.1 Å². The summed E-state index contributed by atoms with van der Waals surface area (Å²) >= 11 is 1.58. The van der Waals surface area contributed by atoms with Crippen molar-refractivity contribution >= 4 is 36.0 Å². The highest BCUT2D eigenvalue weighted by Crippen LogP contribution is 2.47. The van der Waals surface area contributed by atoms with Crippen LogP contribution in [0.5, 0.6) is 0 Å². The maximum Gasteiger partial charge on any atom is 0.305 e. The van der Waals surface area contributed by atoms with Crippen molar-refractivity contribution in [3.05, 3.63) is 102 Å². The summed E-state index contributed by atoms with van der Waals surface area (Å²) in [5.41, 5.74) is 3.16. The highest BCUT2D eigenvalue weighted by Gasteiger charge is 2.41. The molecule has 0 aliphatic heterocycles. The lowest BCUT2D eigenvalue weighted by Crippen LogP contribution is -2.78. The predicted octanol–water partition coefficient (Wildman–Crippen LogP) is 14.0. The Morgan fingerprint density at radius 2 is 1.55 bits per heavy atom. The van der Waals surface area contributed by atoms with Gasteiger partial charge in [0.2, 0.25) is 0 Å². The molecule has 0 heterocycles. The molecule has 4 N–H and O–H groups in total. The van der Waals surface area contributed by atoms with Crippen LogP contribution < -0.4 is 10.6 Å². The molecular weight excluding hydrogens is 787 g/mol. The van der Waals surface area contributed by atoms with E-state index >= 15 is 0 Å². The maximum absolute atomic E-state index is 12.2. The number of quaternary nitrogens is 1. The normalized spacial score (nSPS) is 14.7. The Bertz CT molecular complexity index is 1520. The molecule has 8 heteroatoms. The molecule has 0 saturated heterocycles. The van der Waals surface area contributed by atoms with Gasteiger partial charge in [-0.25, -0.2) is 0 Å². The van der Waals surface area contributed by atoms with Crippen LogP contribution >= 0.6 is 11.8 Å². The Labute approximate surface area is 383 Å². The molecule has 2 unspecified atom stereocenters. The number of hydrogen-bond donors (Lipinski definition) is 3. The first-order chi connectivity index (χ1) is 30.3. The number of carbonyl (C=O) groups is 3. The lowest BCUT2D eigenvalue weighted by atomic mass is 9.62. The summed E-state index contributed by atoms with van der Waals surface area (Å²) in [4.78, 5) is 34.5. The molecule has 1 aliphatic carbocycles. The molecule has 0 spiro atoms. The van der Waals surface area contributed by atoms with Gasteiger partial charge in [-0.3, -0.25) is 9.59 Å². The molecule has 7 nitrogen and oxygen atoms in total. The van der Waals surface area contributed by atoms with E-state index < -0.39 is 5.97 Å². The SMILES string of the molecule is C=CC=C.CC.CCCCCCCCCCCCCCCCCCC(C/C=C/C(C#N)=C/C=C(/NCCC(=O)O)SCC)(c1cc(C=O)ccc1[NH2+]CCC=O)C1C=CCCC1. The average molecular weight is 873 g/mol. The molecule has 0 aromatic heterocycles. The third kappa shape index (κ3) is 27.2. The van der Waals surface area contributed by atoms with E-state index in [4.69, 9.17) is 5.11 Å². The van der Waals surface area contributed by atoms with Gasteiger partial charge in [0.25, 0.3) is 0 Å². The minimum atomic E-state index is -0.853. The molecule has 0 radical (unpaired) electrons. The number of carboxylic acid groups (broad SMARTS) is 1. The molecule has 0 bridgehead atoms. The van der Waals surface area contributed by atoms with E-state index in [1.54, 1.807) is 30.0 Å². The lowest BCUT2D eigenvalue weighted by molar-refractivity contribution is -0.570. The molecule has 2 atom stereocenters. The van der Waals surface area contributed by atoms with Crippen LogP contribution in [0.15, 0.2) is 90.6 Å². The molecule has 2 rings (SSSR count). The summed E-state index contributed by atoms with van der Waals surface area (Å²) in [6, 6.07) is 8.37. The van der Waals surface area contributed by atoms with Gasteiger partial charge in [-0.05, 0) is 80.2 Å². The van der Waals surface area contributed by atoms with Crippen molar-refractivity contribution in [2.45, 2.75) is 181 Å². The van der Waals surface area contributed by atoms with Gasteiger partial charge in [0.15, 0.2) is 0 Å². The minimum Gasteiger partial charge on any atom is -0.481 e. The number of nitrogens with zero attached hydrogens (tertiary/aromatic N) is 1. The number of carbonyl (C=O) groups excluding carboxylic acids is 2. The second kappa shape index (κ2) is 41.1. The van der Waals surface area contributed by atoms with E-state index in [0.29, 0.717) is 37.1 Å². The Morgan fingerprint density at radius 1 is 0.935 bits per heavy atom. The summed E-state index contributed by atoms with van der Waals surface area (Å²) in [5, 5.41) is 25.3. The molecule has 0 fully saturated rings. The van der Waals surface area contributed by atoms with Crippen LogP contribution in [0.25, 0.3) is 0 Å². The Morgan fingerprint density at radius 3 is 2.05 bits per heavy atom. The van der Waals surface area contributed by atoms with Gasteiger partial charge in [0.1, 0.15) is 18.3 Å². The minimum absolute atomic E-state index is 0.0211. The van der Waals surface area contributed by atoms with E-state index in [-0.39, 0.29) is 17.8 Å². The number of aliphatic carboxylic acids is 1. The molecule has 1 aromatic rings. The van der Waals surface area contributed by atoms with Gasteiger partial charge in [0.05, 0.1) is 36.1 Å². The third-order valence-corrected chi connectivity index (χ3v) is 12.1. The first kappa shape index (κ1) is 58.1. The van der Waals surface area contributed by atoms with Crippen LogP contribution in [-0.2, 0) is 15.0 Å². The summed E-state index contributed by atoms with van der Waals surface area (Å²) in [6.07, 6.45) is 44.2. The van der Waals surface area contributed by atoms with E-state index in [1.807, 2.05) is 39.0 Å². The van der Waals surface area contributed by atoms with Crippen LogP contribution in [0.2, 0.25) is 0 Å². The summed E-state index contributed by atoms with van der Waals surface area (Å²) in [7, 11) is 0. The van der Waals surface area contributed by atoms with Crippen molar-refractivity contribution in [2.24, 2.45) is 5.92 Å². The van der Waals surface area contributed by atoms with Crippen molar-refractivity contribution < 1.29 is 24.8 Å². The van der Waals surface area contributed by atoms with E-state index in [9.17, 15) is 19.6 Å².